The molecule has 1 N–H and O–H groups in total. The van der Waals surface area contributed by atoms with Gasteiger partial charge in [0.15, 0.2) is 10.6 Å². The van der Waals surface area contributed by atoms with Crippen LogP contribution in [0, 0.1) is 0 Å². The number of ether oxygens (including phenoxy) is 1. The summed E-state index contributed by atoms with van der Waals surface area (Å²) in [6.45, 7) is 0. The SMILES string of the molecule is COC(=O)c1sc2nc3c(cc2c1O)CCCC3. The minimum atomic E-state index is -0.506. The van der Waals surface area contributed by atoms with E-state index in [2.05, 4.69) is 9.72 Å². The van der Waals surface area contributed by atoms with E-state index in [1.54, 1.807) is 0 Å². The summed E-state index contributed by atoms with van der Waals surface area (Å²) in [7, 11) is 1.31. The largest absolute Gasteiger partial charge is 0.505 e. The Morgan fingerprint density at radius 3 is 3.00 bits per heavy atom. The van der Waals surface area contributed by atoms with Crippen LogP contribution in [0.25, 0.3) is 10.2 Å². The van der Waals surface area contributed by atoms with Gasteiger partial charge in [-0.1, -0.05) is 0 Å². The predicted molar refractivity (Wildman–Crippen MR) is 69.3 cm³/mol. The zero-order chi connectivity index (χ0) is 12.7. The van der Waals surface area contributed by atoms with E-state index in [1.807, 2.05) is 6.07 Å². The molecule has 0 amide bonds. The molecule has 0 unspecified atom stereocenters. The van der Waals surface area contributed by atoms with Crippen molar-refractivity contribution >= 4 is 27.5 Å². The molecule has 5 heteroatoms. The summed E-state index contributed by atoms with van der Waals surface area (Å²) in [6.07, 6.45) is 4.31. The molecule has 4 nitrogen and oxygen atoms in total. The molecule has 2 aromatic heterocycles. The van der Waals surface area contributed by atoms with Crippen molar-refractivity contribution in [2.24, 2.45) is 0 Å². The van der Waals surface area contributed by atoms with Crippen molar-refractivity contribution in [1.82, 2.24) is 4.98 Å². The Balaban J connectivity index is 2.21. The fourth-order valence-corrected chi connectivity index (χ4v) is 3.35. The number of thiophene rings is 1. The molecule has 0 aromatic carbocycles. The second kappa shape index (κ2) is 4.24. The van der Waals surface area contributed by atoms with Crippen LogP contribution in [0.2, 0.25) is 0 Å². The number of aryl methyl sites for hydroxylation is 2. The third-order valence-corrected chi connectivity index (χ3v) is 4.37. The summed E-state index contributed by atoms with van der Waals surface area (Å²) >= 11 is 1.19. The number of methoxy groups -OCH3 is 1. The van der Waals surface area contributed by atoms with Crippen molar-refractivity contribution in [2.45, 2.75) is 25.7 Å². The molecule has 1 aliphatic carbocycles. The second-order valence-electron chi connectivity index (χ2n) is 4.43. The minimum Gasteiger partial charge on any atom is -0.505 e. The summed E-state index contributed by atoms with van der Waals surface area (Å²) in [5.74, 6) is -0.504. The van der Waals surface area contributed by atoms with Crippen LogP contribution >= 0.6 is 11.3 Å². The van der Waals surface area contributed by atoms with Crippen LogP contribution in [0.5, 0.6) is 5.75 Å². The summed E-state index contributed by atoms with van der Waals surface area (Å²) in [5, 5.41) is 10.7. The van der Waals surface area contributed by atoms with E-state index in [9.17, 15) is 9.90 Å². The van der Waals surface area contributed by atoms with E-state index in [1.165, 1.54) is 24.0 Å². The first-order valence-corrected chi connectivity index (χ1v) is 6.75. The maximum Gasteiger partial charge on any atom is 0.351 e. The third kappa shape index (κ3) is 1.66. The van der Waals surface area contributed by atoms with E-state index in [4.69, 9.17) is 0 Å². The summed E-state index contributed by atoms with van der Waals surface area (Å²) in [6, 6.07) is 1.97. The molecule has 0 atom stereocenters. The highest BCUT2D eigenvalue weighted by atomic mass is 32.1. The number of esters is 1. The average molecular weight is 263 g/mol. The lowest BCUT2D eigenvalue weighted by Gasteiger charge is -2.13. The normalized spacial score (nSPS) is 14.5. The van der Waals surface area contributed by atoms with Crippen LogP contribution in [0.15, 0.2) is 6.07 Å². The molecule has 0 saturated heterocycles. The molecule has 0 radical (unpaired) electrons. The van der Waals surface area contributed by atoms with Crippen molar-refractivity contribution in [1.29, 1.82) is 0 Å². The Bertz CT molecular complexity index is 633. The number of pyridine rings is 1. The highest BCUT2D eigenvalue weighted by molar-refractivity contribution is 7.20. The van der Waals surface area contributed by atoms with Crippen molar-refractivity contribution < 1.29 is 14.6 Å². The van der Waals surface area contributed by atoms with E-state index in [0.717, 1.165) is 31.4 Å². The highest BCUT2D eigenvalue weighted by Crippen LogP contribution is 2.38. The van der Waals surface area contributed by atoms with Crippen LogP contribution < -0.4 is 0 Å². The van der Waals surface area contributed by atoms with E-state index >= 15 is 0 Å². The van der Waals surface area contributed by atoms with Gasteiger partial charge in [-0.3, -0.25) is 0 Å². The lowest BCUT2D eigenvalue weighted by molar-refractivity contribution is 0.0603. The average Bonchev–Trinajstić information content (AvgIpc) is 2.72. The number of fused-ring (bicyclic) bond motifs is 2. The Labute approximate surface area is 108 Å². The fraction of sp³-hybridized carbons (Fsp3) is 0.385. The second-order valence-corrected chi connectivity index (χ2v) is 5.42. The molecule has 0 fully saturated rings. The zero-order valence-electron chi connectivity index (χ0n) is 10.0. The number of carbonyl (C=O) groups is 1. The van der Waals surface area contributed by atoms with Gasteiger partial charge in [0.25, 0.3) is 0 Å². The molecule has 2 aromatic rings. The molecule has 18 heavy (non-hydrogen) atoms. The van der Waals surface area contributed by atoms with Crippen LogP contribution in [0.1, 0.15) is 33.8 Å². The standard InChI is InChI=1S/C13H13NO3S/c1-17-13(16)11-10(15)8-6-7-4-2-3-5-9(7)14-12(8)18-11/h6,15H,2-5H2,1H3. The van der Waals surface area contributed by atoms with Crippen molar-refractivity contribution in [3.8, 4) is 5.75 Å². The van der Waals surface area contributed by atoms with Crippen LogP contribution in [0.3, 0.4) is 0 Å². The first-order chi connectivity index (χ1) is 8.70. The minimum absolute atomic E-state index is 0.00252. The first-order valence-electron chi connectivity index (χ1n) is 5.93. The maximum absolute atomic E-state index is 11.5. The number of aromatic hydroxyl groups is 1. The van der Waals surface area contributed by atoms with Crippen LogP contribution in [-0.4, -0.2) is 23.2 Å². The van der Waals surface area contributed by atoms with Crippen LogP contribution in [-0.2, 0) is 17.6 Å². The number of hydrogen-bond donors (Lipinski definition) is 1. The monoisotopic (exact) mass is 263 g/mol. The number of hydrogen-bond acceptors (Lipinski definition) is 5. The third-order valence-electron chi connectivity index (χ3n) is 3.31. The Kier molecular flexibility index (Phi) is 2.70. The van der Waals surface area contributed by atoms with Gasteiger partial charge in [0.1, 0.15) is 4.83 Å². The molecule has 0 saturated carbocycles. The lowest BCUT2D eigenvalue weighted by Crippen LogP contribution is -2.04. The van der Waals surface area contributed by atoms with Gasteiger partial charge >= 0.3 is 5.97 Å². The molecular formula is C13H13NO3S. The van der Waals surface area contributed by atoms with E-state index < -0.39 is 5.97 Å². The Morgan fingerprint density at radius 1 is 1.44 bits per heavy atom. The summed E-state index contributed by atoms with van der Waals surface area (Å²) in [5.41, 5.74) is 2.30. The first kappa shape index (κ1) is 11.5. The molecule has 2 heterocycles. The fourth-order valence-electron chi connectivity index (χ4n) is 2.36. The molecule has 0 spiro atoms. The van der Waals surface area contributed by atoms with Crippen molar-refractivity contribution in [3.05, 3.63) is 22.2 Å². The van der Waals surface area contributed by atoms with Crippen LogP contribution in [0.4, 0.5) is 0 Å². The van der Waals surface area contributed by atoms with Gasteiger partial charge in [0, 0.05) is 5.69 Å². The van der Waals surface area contributed by atoms with Crippen molar-refractivity contribution in [3.63, 3.8) is 0 Å². The number of aromatic nitrogens is 1. The molecule has 3 rings (SSSR count). The maximum atomic E-state index is 11.5. The zero-order valence-corrected chi connectivity index (χ0v) is 10.8. The number of carbonyl (C=O) groups excluding carboxylic acids is 1. The van der Waals surface area contributed by atoms with Gasteiger partial charge in [0.05, 0.1) is 12.5 Å². The quantitative estimate of drug-likeness (QED) is 0.804. The van der Waals surface area contributed by atoms with E-state index in [-0.39, 0.29) is 10.6 Å². The summed E-state index contributed by atoms with van der Waals surface area (Å²) < 4.78 is 4.66. The van der Waals surface area contributed by atoms with Gasteiger partial charge < -0.3 is 9.84 Å². The van der Waals surface area contributed by atoms with Gasteiger partial charge in [-0.2, -0.15) is 0 Å². The van der Waals surface area contributed by atoms with Gasteiger partial charge in [-0.05, 0) is 37.3 Å². The van der Waals surface area contributed by atoms with Gasteiger partial charge in [-0.25, -0.2) is 9.78 Å². The molecule has 1 aliphatic rings. The Morgan fingerprint density at radius 2 is 2.22 bits per heavy atom. The topological polar surface area (TPSA) is 59.4 Å². The van der Waals surface area contributed by atoms with E-state index in [0.29, 0.717) is 10.2 Å². The smallest absolute Gasteiger partial charge is 0.351 e. The molecule has 0 bridgehead atoms. The van der Waals surface area contributed by atoms with Crippen molar-refractivity contribution in [2.75, 3.05) is 7.11 Å². The molecule has 0 aliphatic heterocycles. The van der Waals surface area contributed by atoms with Gasteiger partial charge in [0.2, 0.25) is 0 Å². The predicted octanol–water partition coefficient (Wildman–Crippen LogP) is 2.67. The van der Waals surface area contributed by atoms with Gasteiger partial charge in [-0.15, -0.1) is 11.3 Å². The molecular weight excluding hydrogens is 250 g/mol. The molecule has 94 valence electrons. The summed E-state index contributed by atoms with van der Waals surface area (Å²) in [4.78, 5) is 17.0. The number of rotatable bonds is 1. The lowest BCUT2D eigenvalue weighted by atomic mass is 9.95. The highest BCUT2D eigenvalue weighted by Gasteiger charge is 2.21. The number of nitrogens with zero attached hydrogens (tertiary/aromatic N) is 1. The Hall–Kier alpha value is -1.62.